The summed E-state index contributed by atoms with van der Waals surface area (Å²) in [7, 11) is 0. The Morgan fingerprint density at radius 2 is 1.77 bits per heavy atom. The van der Waals surface area contributed by atoms with Gasteiger partial charge in [-0.15, -0.1) is 0 Å². The third-order valence-corrected chi connectivity index (χ3v) is 5.97. The molecule has 2 amide bonds. The van der Waals surface area contributed by atoms with Gasteiger partial charge in [0.25, 0.3) is 5.91 Å². The number of aryl methyl sites for hydroxylation is 1. The number of ether oxygens (including phenoxy) is 1. The Kier molecular flexibility index (Phi) is 9.66. The summed E-state index contributed by atoms with van der Waals surface area (Å²) in [5.41, 5.74) is 1.63. The summed E-state index contributed by atoms with van der Waals surface area (Å²) in [6.45, 7) is 7.72. The molecule has 0 spiro atoms. The molecular formula is C24H30Cl2N2O3. The molecule has 5 nitrogen and oxygen atoms in total. The number of carbonyl (C=O) groups excluding carboxylic acids is 2. The number of nitrogens with zero attached hydrogens (tertiary/aromatic N) is 1. The molecule has 0 aliphatic carbocycles. The lowest BCUT2D eigenvalue weighted by atomic mass is 10.1. The zero-order valence-corrected chi connectivity index (χ0v) is 20.0. The van der Waals surface area contributed by atoms with Gasteiger partial charge in [-0.2, -0.15) is 0 Å². The summed E-state index contributed by atoms with van der Waals surface area (Å²) >= 11 is 12.4. The predicted molar refractivity (Wildman–Crippen MR) is 126 cm³/mol. The molecule has 0 heterocycles. The molecule has 7 heteroatoms. The quantitative estimate of drug-likeness (QED) is 0.511. The van der Waals surface area contributed by atoms with Gasteiger partial charge in [0.05, 0.1) is 0 Å². The first kappa shape index (κ1) is 25.0. The van der Waals surface area contributed by atoms with Crippen molar-refractivity contribution in [2.24, 2.45) is 0 Å². The second-order valence-electron chi connectivity index (χ2n) is 7.55. The van der Waals surface area contributed by atoms with Gasteiger partial charge in [0, 0.05) is 22.6 Å². The van der Waals surface area contributed by atoms with Crippen molar-refractivity contribution in [1.29, 1.82) is 0 Å². The van der Waals surface area contributed by atoms with Gasteiger partial charge in [-0.25, -0.2) is 0 Å². The number of carbonyl (C=O) groups is 2. The summed E-state index contributed by atoms with van der Waals surface area (Å²) in [5.74, 6) is 0.0725. The first-order chi connectivity index (χ1) is 14.8. The number of benzene rings is 2. The third-order valence-electron chi connectivity index (χ3n) is 5.18. The van der Waals surface area contributed by atoms with E-state index in [0.717, 1.165) is 17.5 Å². The molecule has 2 aromatic carbocycles. The number of nitrogens with one attached hydrogen (secondary N) is 1. The van der Waals surface area contributed by atoms with E-state index in [1.165, 1.54) is 0 Å². The Morgan fingerprint density at radius 1 is 1.06 bits per heavy atom. The maximum Gasteiger partial charge on any atom is 0.261 e. The fourth-order valence-electron chi connectivity index (χ4n) is 3.11. The van der Waals surface area contributed by atoms with E-state index in [1.807, 2.05) is 45.9 Å². The topological polar surface area (TPSA) is 58.6 Å². The average molecular weight is 465 g/mol. The van der Waals surface area contributed by atoms with Crippen LogP contribution in [0, 0.1) is 6.92 Å². The molecule has 2 atom stereocenters. The molecule has 0 aromatic heterocycles. The fourth-order valence-corrected chi connectivity index (χ4v) is 3.42. The minimum atomic E-state index is -0.631. The highest BCUT2D eigenvalue weighted by Gasteiger charge is 2.30. The van der Waals surface area contributed by atoms with Crippen LogP contribution in [0.15, 0.2) is 42.5 Å². The summed E-state index contributed by atoms with van der Waals surface area (Å²) in [5, 5.41) is 4.16. The van der Waals surface area contributed by atoms with Crippen LogP contribution in [0.1, 0.15) is 44.7 Å². The van der Waals surface area contributed by atoms with Crippen LogP contribution < -0.4 is 10.1 Å². The SMILES string of the molecule is CC[C@H](C(=O)N[C@@H](C)CC)N(Cc1ccccc1Cl)C(=O)COc1ccc(Cl)c(C)c1. The fraction of sp³-hybridized carbons (Fsp3) is 0.417. The van der Waals surface area contributed by atoms with Crippen molar-refractivity contribution >= 4 is 35.0 Å². The largest absolute Gasteiger partial charge is 0.484 e. The molecule has 1 N–H and O–H groups in total. The Labute approximate surface area is 194 Å². The van der Waals surface area contributed by atoms with Gasteiger partial charge < -0.3 is 15.0 Å². The van der Waals surface area contributed by atoms with Crippen LogP contribution in [-0.2, 0) is 16.1 Å². The summed E-state index contributed by atoms with van der Waals surface area (Å²) in [4.78, 5) is 27.7. The summed E-state index contributed by atoms with van der Waals surface area (Å²) in [6.07, 6.45) is 1.28. The van der Waals surface area contributed by atoms with Crippen LogP contribution in [0.4, 0.5) is 0 Å². The molecule has 0 fully saturated rings. The monoisotopic (exact) mass is 464 g/mol. The van der Waals surface area contributed by atoms with Crippen molar-refractivity contribution in [1.82, 2.24) is 10.2 Å². The highest BCUT2D eigenvalue weighted by Crippen LogP contribution is 2.22. The molecule has 0 unspecified atom stereocenters. The molecule has 0 saturated carbocycles. The number of hydrogen-bond donors (Lipinski definition) is 1. The van der Waals surface area contributed by atoms with Gasteiger partial charge in [-0.1, -0.05) is 55.2 Å². The Hall–Kier alpha value is -2.24. The number of rotatable bonds is 10. The van der Waals surface area contributed by atoms with E-state index < -0.39 is 6.04 Å². The lowest BCUT2D eigenvalue weighted by molar-refractivity contribution is -0.143. The Balaban J connectivity index is 2.24. The third kappa shape index (κ3) is 7.15. The zero-order valence-electron chi connectivity index (χ0n) is 18.5. The predicted octanol–water partition coefficient (Wildman–Crippen LogP) is 5.40. The molecule has 0 bridgehead atoms. The second kappa shape index (κ2) is 12.0. The first-order valence-electron chi connectivity index (χ1n) is 10.5. The lowest BCUT2D eigenvalue weighted by Gasteiger charge is -2.31. The first-order valence-corrected chi connectivity index (χ1v) is 11.2. The summed E-state index contributed by atoms with van der Waals surface area (Å²) < 4.78 is 5.71. The minimum Gasteiger partial charge on any atom is -0.484 e. The minimum absolute atomic E-state index is 0.0205. The van der Waals surface area contributed by atoms with Crippen molar-refractivity contribution in [2.75, 3.05) is 6.61 Å². The van der Waals surface area contributed by atoms with Gasteiger partial charge in [0.1, 0.15) is 11.8 Å². The standard InChI is InChI=1S/C24H30Cl2N2O3/c1-5-17(4)27-24(30)22(6-2)28(14-18-9-7-8-10-21(18)26)23(29)15-31-19-11-12-20(25)16(3)13-19/h7-13,17,22H,5-6,14-15H2,1-4H3,(H,27,30)/t17-,22+/m0/s1. The number of hydrogen-bond acceptors (Lipinski definition) is 3. The van der Waals surface area contributed by atoms with E-state index in [4.69, 9.17) is 27.9 Å². The highest BCUT2D eigenvalue weighted by molar-refractivity contribution is 6.31. The van der Waals surface area contributed by atoms with E-state index in [2.05, 4.69) is 5.32 Å². The van der Waals surface area contributed by atoms with Crippen LogP contribution in [-0.4, -0.2) is 35.4 Å². The van der Waals surface area contributed by atoms with Crippen molar-refractivity contribution in [2.45, 2.75) is 59.2 Å². The molecule has 2 rings (SSSR count). The number of halogens is 2. The molecule has 0 radical (unpaired) electrons. The van der Waals surface area contributed by atoms with Crippen LogP contribution >= 0.6 is 23.2 Å². The van der Waals surface area contributed by atoms with Crippen molar-refractivity contribution in [3.63, 3.8) is 0 Å². The Bertz CT molecular complexity index is 904. The van der Waals surface area contributed by atoms with E-state index in [1.54, 1.807) is 29.2 Å². The van der Waals surface area contributed by atoms with Gasteiger partial charge in [-0.3, -0.25) is 9.59 Å². The van der Waals surface area contributed by atoms with Crippen molar-refractivity contribution < 1.29 is 14.3 Å². The van der Waals surface area contributed by atoms with Crippen LogP contribution in [0.5, 0.6) is 5.75 Å². The lowest BCUT2D eigenvalue weighted by Crippen LogP contribution is -2.51. The van der Waals surface area contributed by atoms with E-state index in [0.29, 0.717) is 22.2 Å². The zero-order chi connectivity index (χ0) is 23.0. The molecule has 0 aliphatic heterocycles. The maximum atomic E-state index is 13.2. The van der Waals surface area contributed by atoms with Crippen LogP contribution in [0.2, 0.25) is 10.0 Å². The van der Waals surface area contributed by atoms with E-state index in [-0.39, 0.29) is 31.0 Å². The average Bonchev–Trinajstić information content (AvgIpc) is 2.75. The molecule has 0 saturated heterocycles. The van der Waals surface area contributed by atoms with Crippen LogP contribution in [0.25, 0.3) is 0 Å². The van der Waals surface area contributed by atoms with Gasteiger partial charge in [0.2, 0.25) is 5.91 Å². The van der Waals surface area contributed by atoms with Gasteiger partial charge in [-0.05, 0) is 62.1 Å². The smallest absolute Gasteiger partial charge is 0.261 e. The van der Waals surface area contributed by atoms with Gasteiger partial charge in [0.15, 0.2) is 6.61 Å². The van der Waals surface area contributed by atoms with E-state index in [9.17, 15) is 9.59 Å². The Morgan fingerprint density at radius 3 is 2.39 bits per heavy atom. The molecule has 2 aromatic rings. The van der Waals surface area contributed by atoms with Crippen LogP contribution in [0.3, 0.4) is 0 Å². The highest BCUT2D eigenvalue weighted by atomic mass is 35.5. The van der Waals surface area contributed by atoms with Crippen molar-refractivity contribution in [3.8, 4) is 5.75 Å². The molecule has 168 valence electrons. The summed E-state index contributed by atoms with van der Waals surface area (Å²) in [6, 6.07) is 11.9. The maximum absolute atomic E-state index is 13.2. The van der Waals surface area contributed by atoms with Gasteiger partial charge >= 0.3 is 0 Å². The second-order valence-corrected chi connectivity index (χ2v) is 8.37. The molecule has 0 aliphatic rings. The van der Waals surface area contributed by atoms with E-state index >= 15 is 0 Å². The molecule has 31 heavy (non-hydrogen) atoms. The molecular weight excluding hydrogens is 435 g/mol. The normalized spacial score (nSPS) is 12.7. The van der Waals surface area contributed by atoms with Crippen molar-refractivity contribution in [3.05, 3.63) is 63.6 Å². The number of amides is 2.